The van der Waals surface area contributed by atoms with E-state index in [0.29, 0.717) is 6.04 Å². The van der Waals surface area contributed by atoms with E-state index in [1.165, 1.54) is 21.7 Å². The lowest BCUT2D eigenvalue weighted by atomic mass is 10.1. The minimum atomic E-state index is 0.523. The zero-order valence-electron chi connectivity index (χ0n) is 9.42. The van der Waals surface area contributed by atoms with Crippen molar-refractivity contribution in [3.63, 3.8) is 0 Å². The first kappa shape index (κ1) is 10.2. The molecule has 3 atom stereocenters. The predicted octanol–water partition coefficient (Wildman–Crippen LogP) is 3.42. The van der Waals surface area contributed by atoms with Gasteiger partial charge in [-0.15, -0.1) is 11.3 Å². The van der Waals surface area contributed by atoms with Crippen LogP contribution in [0, 0.1) is 19.8 Å². The zero-order chi connectivity index (χ0) is 10.3. The van der Waals surface area contributed by atoms with Crippen molar-refractivity contribution < 1.29 is 0 Å². The molecule has 1 nitrogen and oxygen atoms in total. The zero-order valence-corrected chi connectivity index (χ0v) is 10.2. The first-order chi connectivity index (χ1) is 6.58. The van der Waals surface area contributed by atoms with Crippen LogP contribution in [0.1, 0.15) is 41.6 Å². The van der Waals surface area contributed by atoms with Crippen LogP contribution in [0.2, 0.25) is 0 Å². The van der Waals surface area contributed by atoms with E-state index in [2.05, 4.69) is 39.1 Å². The normalized spacial score (nSPS) is 27.7. The van der Waals surface area contributed by atoms with Crippen LogP contribution in [-0.4, -0.2) is 6.04 Å². The van der Waals surface area contributed by atoms with Crippen molar-refractivity contribution in [1.82, 2.24) is 5.32 Å². The Balaban J connectivity index is 2.03. The first-order valence-electron chi connectivity index (χ1n) is 5.41. The van der Waals surface area contributed by atoms with Gasteiger partial charge in [0.05, 0.1) is 0 Å². The van der Waals surface area contributed by atoms with E-state index in [1.807, 2.05) is 11.3 Å². The Morgan fingerprint density at radius 2 is 2.14 bits per heavy atom. The van der Waals surface area contributed by atoms with Gasteiger partial charge in [-0.2, -0.15) is 0 Å². The number of nitrogens with one attached hydrogen (secondary N) is 1. The van der Waals surface area contributed by atoms with Crippen molar-refractivity contribution in [2.75, 3.05) is 0 Å². The highest BCUT2D eigenvalue weighted by atomic mass is 32.1. The maximum Gasteiger partial charge on any atom is 0.0305 e. The van der Waals surface area contributed by atoms with Crippen molar-refractivity contribution in [3.05, 3.63) is 21.4 Å². The summed E-state index contributed by atoms with van der Waals surface area (Å²) in [4.78, 5) is 2.89. The topological polar surface area (TPSA) is 12.0 Å². The number of rotatable bonds is 3. The second kappa shape index (κ2) is 3.67. The summed E-state index contributed by atoms with van der Waals surface area (Å²) in [5, 5.41) is 3.68. The third-order valence-corrected chi connectivity index (χ3v) is 4.10. The summed E-state index contributed by atoms with van der Waals surface area (Å²) in [5.41, 5.74) is 1.49. The average Bonchev–Trinajstić information content (AvgIpc) is 2.64. The largest absolute Gasteiger partial charge is 0.307 e. The van der Waals surface area contributed by atoms with Gasteiger partial charge < -0.3 is 5.32 Å². The van der Waals surface area contributed by atoms with Crippen molar-refractivity contribution in [1.29, 1.82) is 0 Å². The fourth-order valence-corrected chi connectivity index (χ4v) is 3.07. The molecule has 78 valence electrons. The second-order valence-electron chi connectivity index (χ2n) is 4.58. The minimum Gasteiger partial charge on any atom is -0.307 e. The number of hydrogen-bond donors (Lipinski definition) is 1. The summed E-state index contributed by atoms with van der Waals surface area (Å²) in [6.45, 7) is 9.00. The molecular weight excluding hydrogens is 190 g/mol. The molecule has 1 saturated carbocycles. The van der Waals surface area contributed by atoms with Crippen LogP contribution >= 0.6 is 11.3 Å². The summed E-state index contributed by atoms with van der Waals surface area (Å²) in [5.74, 6) is 0.887. The average molecular weight is 209 g/mol. The molecule has 1 aliphatic carbocycles. The fourth-order valence-electron chi connectivity index (χ4n) is 2.05. The smallest absolute Gasteiger partial charge is 0.0305 e. The molecule has 0 radical (unpaired) electrons. The van der Waals surface area contributed by atoms with Crippen LogP contribution in [0.25, 0.3) is 0 Å². The van der Waals surface area contributed by atoms with Crippen LogP contribution < -0.4 is 5.32 Å². The van der Waals surface area contributed by atoms with Crippen molar-refractivity contribution in [2.24, 2.45) is 5.92 Å². The second-order valence-corrected chi connectivity index (χ2v) is 6.04. The molecule has 1 aliphatic rings. The first-order valence-corrected chi connectivity index (χ1v) is 6.22. The Morgan fingerprint density at radius 1 is 1.50 bits per heavy atom. The number of hydrogen-bond acceptors (Lipinski definition) is 2. The van der Waals surface area contributed by atoms with Crippen LogP contribution in [-0.2, 0) is 0 Å². The Kier molecular flexibility index (Phi) is 2.67. The maximum atomic E-state index is 3.68. The number of thiophene rings is 1. The molecule has 0 saturated heterocycles. The molecule has 0 spiro atoms. The van der Waals surface area contributed by atoms with E-state index in [1.54, 1.807) is 0 Å². The highest BCUT2D eigenvalue weighted by molar-refractivity contribution is 7.12. The molecule has 2 rings (SSSR count). The van der Waals surface area contributed by atoms with Gasteiger partial charge in [-0.05, 0) is 44.7 Å². The van der Waals surface area contributed by atoms with Crippen LogP contribution in [0.15, 0.2) is 6.07 Å². The van der Waals surface area contributed by atoms with Gasteiger partial charge in [0.25, 0.3) is 0 Å². The van der Waals surface area contributed by atoms with Gasteiger partial charge in [-0.3, -0.25) is 0 Å². The molecule has 1 fully saturated rings. The van der Waals surface area contributed by atoms with Gasteiger partial charge >= 0.3 is 0 Å². The molecule has 2 heteroatoms. The molecule has 0 aromatic carbocycles. The molecule has 1 aromatic rings. The van der Waals surface area contributed by atoms with Gasteiger partial charge in [-0.25, -0.2) is 0 Å². The third kappa shape index (κ3) is 2.01. The van der Waals surface area contributed by atoms with E-state index in [0.717, 1.165) is 12.0 Å². The van der Waals surface area contributed by atoms with Gasteiger partial charge in [0.1, 0.15) is 0 Å². The Hall–Kier alpha value is -0.340. The van der Waals surface area contributed by atoms with Crippen LogP contribution in [0.3, 0.4) is 0 Å². The molecule has 1 N–H and O–H groups in total. The molecule has 0 bridgehead atoms. The minimum absolute atomic E-state index is 0.523. The fraction of sp³-hybridized carbons (Fsp3) is 0.667. The van der Waals surface area contributed by atoms with Gasteiger partial charge in [0, 0.05) is 21.8 Å². The maximum absolute atomic E-state index is 3.68. The number of aryl methyl sites for hydroxylation is 2. The summed E-state index contributed by atoms with van der Waals surface area (Å²) < 4.78 is 0. The highest BCUT2D eigenvalue weighted by Gasteiger charge is 2.33. The highest BCUT2D eigenvalue weighted by Crippen LogP contribution is 2.33. The summed E-state index contributed by atoms with van der Waals surface area (Å²) in [6, 6.07) is 3.62. The van der Waals surface area contributed by atoms with Crippen molar-refractivity contribution in [2.45, 2.75) is 46.2 Å². The summed E-state index contributed by atoms with van der Waals surface area (Å²) in [7, 11) is 0. The van der Waals surface area contributed by atoms with E-state index in [-0.39, 0.29) is 0 Å². The van der Waals surface area contributed by atoms with E-state index in [9.17, 15) is 0 Å². The van der Waals surface area contributed by atoms with E-state index in [4.69, 9.17) is 0 Å². The Labute approximate surface area is 90.5 Å². The van der Waals surface area contributed by atoms with Gasteiger partial charge in [0.2, 0.25) is 0 Å². The third-order valence-electron chi connectivity index (χ3n) is 3.12. The van der Waals surface area contributed by atoms with E-state index < -0.39 is 0 Å². The molecule has 3 unspecified atom stereocenters. The lowest BCUT2D eigenvalue weighted by Crippen LogP contribution is -2.22. The molecule has 0 aliphatic heterocycles. The van der Waals surface area contributed by atoms with Gasteiger partial charge in [-0.1, -0.05) is 6.92 Å². The van der Waals surface area contributed by atoms with Gasteiger partial charge in [0.15, 0.2) is 0 Å². The van der Waals surface area contributed by atoms with E-state index >= 15 is 0 Å². The van der Waals surface area contributed by atoms with Crippen molar-refractivity contribution >= 4 is 11.3 Å². The lowest BCUT2D eigenvalue weighted by Gasteiger charge is -2.13. The molecule has 1 aromatic heterocycles. The SMILES string of the molecule is Cc1cc(C(C)NC2CC2C)c(C)s1. The Bertz CT molecular complexity index is 329. The molecular formula is C12H19NS. The van der Waals surface area contributed by atoms with Crippen LogP contribution in [0.4, 0.5) is 0 Å². The Morgan fingerprint density at radius 3 is 2.57 bits per heavy atom. The van der Waals surface area contributed by atoms with Crippen LogP contribution in [0.5, 0.6) is 0 Å². The predicted molar refractivity (Wildman–Crippen MR) is 62.9 cm³/mol. The standard InChI is InChI=1S/C12H19NS/c1-7-5-12(7)13-9(3)11-6-8(2)14-10(11)4/h6-7,9,12-13H,5H2,1-4H3. The monoisotopic (exact) mass is 209 g/mol. The molecule has 0 amide bonds. The molecule has 14 heavy (non-hydrogen) atoms. The summed E-state index contributed by atoms with van der Waals surface area (Å²) >= 11 is 1.91. The molecule has 1 heterocycles. The van der Waals surface area contributed by atoms with Crippen molar-refractivity contribution in [3.8, 4) is 0 Å². The quantitative estimate of drug-likeness (QED) is 0.804. The lowest BCUT2D eigenvalue weighted by molar-refractivity contribution is 0.551. The summed E-state index contributed by atoms with van der Waals surface area (Å²) in [6.07, 6.45) is 1.35.